The highest BCUT2D eigenvalue weighted by molar-refractivity contribution is 7.89. The second-order valence-electron chi connectivity index (χ2n) is 6.78. The quantitative estimate of drug-likeness (QED) is 0.632. The Bertz CT molecular complexity index is 1090. The Morgan fingerprint density at radius 3 is 2.45 bits per heavy atom. The lowest BCUT2D eigenvalue weighted by molar-refractivity contribution is 0.291. The van der Waals surface area contributed by atoms with Crippen LogP contribution in [0, 0.1) is 5.82 Å². The lowest BCUT2D eigenvalue weighted by Gasteiger charge is -2.29. The smallest absolute Gasteiger partial charge is 0.251 e. The Balaban J connectivity index is 1.46. The van der Waals surface area contributed by atoms with Gasteiger partial charge in [-0.15, -0.1) is 10.2 Å². The van der Waals surface area contributed by atoms with E-state index < -0.39 is 15.8 Å². The fourth-order valence-corrected chi connectivity index (χ4v) is 4.90. The van der Waals surface area contributed by atoms with E-state index in [1.54, 1.807) is 7.11 Å². The molecule has 1 aliphatic rings. The van der Waals surface area contributed by atoms with E-state index in [4.69, 9.17) is 9.15 Å². The summed E-state index contributed by atoms with van der Waals surface area (Å²) in [5.41, 5.74) is 0.713. The molecular weight excluding hydrogens is 397 g/mol. The van der Waals surface area contributed by atoms with E-state index in [2.05, 4.69) is 10.2 Å². The zero-order chi connectivity index (χ0) is 20.4. The molecule has 7 nitrogen and oxygen atoms in total. The van der Waals surface area contributed by atoms with Gasteiger partial charge in [-0.1, -0.05) is 12.1 Å². The zero-order valence-electron chi connectivity index (χ0n) is 15.8. The van der Waals surface area contributed by atoms with Crippen LogP contribution >= 0.6 is 0 Å². The molecular formula is C20H20FN3O4S. The maximum Gasteiger partial charge on any atom is 0.251 e. The molecule has 0 spiro atoms. The topological polar surface area (TPSA) is 85.5 Å². The summed E-state index contributed by atoms with van der Waals surface area (Å²) in [7, 11) is -2.07. The molecule has 152 valence electrons. The molecule has 2 heterocycles. The van der Waals surface area contributed by atoms with E-state index in [-0.39, 0.29) is 10.8 Å². The number of hydrogen-bond acceptors (Lipinski definition) is 6. The molecule has 0 unspecified atom stereocenters. The SMILES string of the molecule is COc1ccccc1-c1nnc(C2CCN(S(=O)(=O)c3ccc(F)cc3)CC2)o1. The number of halogens is 1. The first-order valence-electron chi connectivity index (χ1n) is 9.21. The van der Waals surface area contributed by atoms with Crippen molar-refractivity contribution in [1.29, 1.82) is 0 Å². The van der Waals surface area contributed by atoms with Gasteiger partial charge in [0.05, 0.1) is 17.6 Å². The number of rotatable bonds is 5. The fraction of sp³-hybridized carbons (Fsp3) is 0.300. The maximum absolute atomic E-state index is 13.1. The molecule has 1 saturated heterocycles. The van der Waals surface area contributed by atoms with E-state index in [0.717, 1.165) is 12.1 Å². The summed E-state index contributed by atoms with van der Waals surface area (Å²) in [4.78, 5) is 0.0913. The van der Waals surface area contributed by atoms with Crippen molar-refractivity contribution in [1.82, 2.24) is 14.5 Å². The monoisotopic (exact) mass is 417 g/mol. The number of sulfonamides is 1. The van der Waals surface area contributed by atoms with Gasteiger partial charge < -0.3 is 9.15 Å². The van der Waals surface area contributed by atoms with Crippen LogP contribution in [0.4, 0.5) is 4.39 Å². The number of piperidine rings is 1. The number of hydrogen-bond donors (Lipinski definition) is 0. The molecule has 1 aromatic heterocycles. The van der Waals surface area contributed by atoms with Crippen LogP contribution in [0.3, 0.4) is 0 Å². The Kier molecular flexibility index (Phi) is 5.33. The molecule has 0 radical (unpaired) electrons. The third-order valence-corrected chi connectivity index (χ3v) is 6.95. The van der Waals surface area contributed by atoms with Gasteiger partial charge in [0.1, 0.15) is 11.6 Å². The van der Waals surface area contributed by atoms with Crippen LogP contribution < -0.4 is 4.74 Å². The molecule has 4 rings (SSSR count). The Morgan fingerprint density at radius 1 is 1.07 bits per heavy atom. The first-order chi connectivity index (χ1) is 14.0. The number of nitrogens with zero attached hydrogens (tertiary/aromatic N) is 3. The second kappa shape index (κ2) is 7.92. The standard InChI is InChI=1S/C20H20FN3O4S/c1-27-18-5-3-2-4-17(18)20-23-22-19(28-20)14-10-12-24(13-11-14)29(25,26)16-8-6-15(21)7-9-16/h2-9,14H,10-13H2,1H3. The lowest BCUT2D eigenvalue weighted by Crippen LogP contribution is -2.37. The number of para-hydroxylation sites is 1. The predicted molar refractivity (Wildman–Crippen MR) is 103 cm³/mol. The molecule has 3 aromatic rings. The first kappa shape index (κ1) is 19.5. The highest BCUT2D eigenvalue weighted by Gasteiger charge is 2.32. The van der Waals surface area contributed by atoms with Gasteiger partial charge in [0.25, 0.3) is 5.89 Å². The van der Waals surface area contributed by atoms with Crippen molar-refractivity contribution in [2.24, 2.45) is 0 Å². The van der Waals surface area contributed by atoms with Crippen LogP contribution in [0.1, 0.15) is 24.7 Å². The number of benzene rings is 2. The predicted octanol–water partition coefficient (Wildman–Crippen LogP) is 3.45. The van der Waals surface area contributed by atoms with Crippen molar-refractivity contribution in [3.05, 3.63) is 60.2 Å². The van der Waals surface area contributed by atoms with Crippen molar-refractivity contribution < 1.29 is 22.0 Å². The van der Waals surface area contributed by atoms with Crippen molar-refractivity contribution in [2.45, 2.75) is 23.7 Å². The lowest BCUT2D eigenvalue weighted by atomic mass is 9.98. The van der Waals surface area contributed by atoms with Gasteiger partial charge in [0.2, 0.25) is 15.9 Å². The number of methoxy groups -OCH3 is 1. The molecule has 0 atom stereocenters. The van der Waals surface area contributed by atoms with Crippen molar-refractivity contribution in [2.75, 3.05) is 20.2 Å². The van der Waals surface area contributed by atoms with E-state index in [0.29, 0.717) is 49.0 Å². The highest BCUT2D eigenvalue weighted by Crippen LogP contribution is 2.33. The summed E-state index contributed by atoms with van der Waals surface area (Å²) in [5.74, 6) is 1.02. The van der Waals surface area contributed by atoms with Crippen LogP contribution in [-0.4, -0.2) is 43.1 Å². The highest BCUT2D eigenvalue weighted by atomic mass is 32.2. The molecule has 1 fully saturated rings. The fourth-order valence-electron chi connectivity index (χ4n) is 3.43. The number of ether oxygens (including phenoxy) is 1. The molecule has 0 bridgehead atoms. The summed E-state index contributed by atoms with van der Waals surface area (Å²) >= 11 is 0. The van der Waals surface area contributed by atoms with E-state index >= 15 is 0 Å². The Hall–Kier alpha value is -2.78. The molecule has 0 amide bonds. The molecule has 0 saturated carbocycles. The molecule has 1 aliphatic heterocycles. The molecule has 0 N–H and O–H groups in total. The Morgan fingerprint density at radius 2 is 1.76 bits per heavy atom. The van der Waals surface area contributed by atoms with Crippen LogP contribution in [-0.2, 0) is 10.0 Å². The van der Waals surface area contributed by atoms with E-state index in [9.17, 15) is 12.8 Å². The van der Waals surface area contributed by atoms with E-state index in [1.807, 2.05) is 24.3 Å². The minimum absolute atomic E-state index is 0.0226. The normalized spacial score (nSPS) is 16.1. The molecule has 2 aromatic carbocycles. The summed E-state index contributed by atoms with van der Waals surface area (Å²) in [6.07, 6.45) is 1.13. The number of aromatic nitrogens is 2. The van der Waals surface area contributed by atoms with Crippen molar-refractivity contribution in [3.8, 4) is 17.2 Å². The maximum atomic E-state index is 13.1. The van der Waals surface area contributed by atoms with Crippen LogP contribution in [0.2, 0.25) is 0 Å². The summed E-state index contributed by atoms with van der Waals surface area (Å²) < 4.78 is 51.2. The van der Waals surface area contributed by atoms with Gasteiger partial charge in [-0.3, -0.25) is 0 Å². The molecule has 29 heavy (non-hydrogen) atoms. The first-order valence-corrected chi connectivity index (χ1v) is 10.7. The van der Waals surface area contributed by atoms with Gasteiger partial charge in [-0.25, -0.2) is 12.8 Å². The molecule has 9 heteroatoms. The van der Waals surface area contributed by atoms with Crippen molar-refractivity contribution in [3.63, 3.8) is 0 Å². The van der Waals surface area contributed by atoms with Gasteiger partial charge in [-0.05, 0) is 49.2 Å². The summed E-state index contributed by atoms with van der Waals surface area (Å²) in [6.45, 7) is 0.660. The van der Waals surface area contributed by atoms with Crippen molar-refractivity contribution >= 4 is 10.0 Å². The summed E-state index contributed by atoms with van der Waals surface area (Å²) in [5, 5.41) is 8.29. The second-order valence-corrected chi connectivity index (χ2v) is 8.72. The van der Waals surface area contributed by atoms with E-state index in [1.165, 1.54) is 16.4 Å². The largest absolute Gasteiger partial charge is 0.496 e. The van der Waals surface area contributed by atoms with Gasteiger partial charge in [-0.2, -0.15) is 4.31 Å². The third kappa shape index (κ3) is 3.88. The average Bonchev–Trinajstić information content (AvgIpc) is 3.24. The minimum Gasteiger partial charge on any atom is -0.496 e. The van der Waals surface area contributed by atoms with Crippen LogP contribution in [0.25, 0.3) is 11.5 Å². The summed E-state index contributed by atoms with van der Waals surface area (Å²) in [6, 6.07) is 12.3. The van der Waals surface area contributed by atoms with Gasteiger partial charge in [0.15, 0.2) is 0 Å². The van der Waals surface area contributed by atoms with Crippen LogP contribution in [0.15, 0.2) is 57.8 Å². The third-order valence-electron chi connectivity index (χ3n) is 5.03. The minimum atomic E-state index is -3.65. The van der Waals surface area contributed by atoms with Crippen LogP contribution in [0.5, 0.6) is 5.75 Å². The molecule has 0 aliphatic carbocycles. The van der Waals surface area contributed by atoms with Gasteiger partial charge >= 0.3 is 0 Å². The Labute approximate surface area is 168 Å². The average molecular weight is 417 g/mol. The zero-order valence-corrected chi connectivity index (χ0v) is 16.6. The van der Waals surface area contributed by atoms with Gasteiger partial charge in [0, 0.05) is 19.0 Å².